The fourth-order valence-corrected chi connectivity index (χ4v) is 3.21. The first kappa shape index (κ1) is 14.5. The molecule has 1 saturated heterocycles. The number of nitrogens with one attached hydrogen (secondary N) is 1. The standard InChI is InChI=1S/C18H24N2O/c1-19-15(8-9-16-5-4-12-21-16)13-14-10-11-20-18-7-3-2-6-17(14)18/h2-3,6-7,10-11,15-16,19H,4-5,8-9,12-13H2,1H3. The van der Waals surface area contributed by atoms with Gasteiger partial charge in [0.25, 0.3) is 0 Å². The first-order valence-corrected chi connectivity index (χ1v) is 7.98. The molecule has 1 aromatic heterocycles. The molecule has 3 heteroatoms. The summed E-state index contributed by atoms with van der Waals surface area (Å²) in [5, 5.41) is 4.74. The highest BCUT2D eigenvalue weighted by Crippen LogP contribution is 2.21. The Kier molecular flexibility index (Phi) is 4.84. The molecule has 112 valence electrons. The van der Waals surface area contributed by atoms with Gasteiger partial charge in [-0.15, -0.1) is 0 Å². The molecule has 2 aromatic rings. The molecule has 1 N–H and O–H groups in total. The number of benzene rings is 1. The van der Waals surface area contributed by atoms with Crippen molar-refractivity contribution in [2.75, 3.05) is 13.7 Å². The van der Waals surface area contributed by atoms with Gasteiger partial charge in [-0.3, -0.25) is 4.98 Å². The number of pyridine rings is 1. The molecule has 1 aromatic carbocycles. The van der Waals surface area contributed by atoms with Crippen LogP contribution in [-0.4, -0.2) is 30.8 Å². The third kappa shape index (κ3) is 3.60. The van der Waals surface area contributed by atoms with Gasteiger partial charge < -0.3 is 10.1 Å². The lowest BCUT2D eigenvalue weighted by atomic mass is 9.97. The number of para-hydroxylation sites is 1. The summed E-state index contributed by atoms with van der Waals surface area (Å²) in [6.45, 7) is 0.948. The molecule has 1 aliphatic heterocycles. The normalized spacial score (nSPS) is 20.0. The van der Waals surface area contributed by atoms with E-state index in [9.17, 15) is 0 Å². The quantitative estimate of drug-likeness (QED) is 0.883. The first-order valence-electron chi connectivity index (χ1n) is 7.98. The fourth-order valence-electron chi connectivity index (χ4n) is 3.21. The van der Waals surface area contributed by atoms with E-state index in [0.717, 1.165) is 31.4 Å². The van der Waals surface area contributed by atoms with Gasteiger partial charge in [0, 0.05) is 24.2 Å². The number of likely N-dealkylation sites (N-methyl/N-ethyl adjacent to an activating group) is 1. The van der Waals surface area contributed by atoms with Crippen LogP contribution in [0.25, 0.3) is 10.9 Å². The summed E-state index contributed by atoms with van der Waals surface area (Å²) in [7, 11) is 2.06. The lowest BCUT2D eigenvalue weighted by Gasteiger charge is -2.19. The highest BCUT2D eigenvalue weighted by Gasteiger charge is 2.18. The van der Waals surface area contributed by atoms with Crippen LogP contribution in [0, 0.1) is 0 Å². The average Bonchev–Trinajstić information content (AvgIpc) is 3.05. The Morgan fingerprint density at radius 3 is 3.05 bits per heavy atom. The van der Waals surface area contributed by atoms with Crippen molar-refractivity contribution in [3.63, 3.8) is 0 Å². The third-order valence-corrected chi connectivity index (χ3v) is 4.47. The molecule has 3 nitrogen and oxygen atoms in total. The molecule has 2 atom stereocenters. The molecule has 3 rings (SSSR count). The predicted octanol–water partition coefficient (Wildman–Crippen LogP) is 3.32. The number of aromatic nitrogens is 1. The molecule has 0 bridgehead atoms. The number of hydrogen-bond acceptors (Lipinski definition) is 3. The van der Waals surface area contributed by atoms with Crippen LogP contribution >= 0.6 is 0 Å². The second-order valence-electron chi connectivity index (χ2n) is 5.89. The highest BCUT2D eigenvalue weighted by atomic mass is 16.5. The van der Waals surface area contributed by atoms with Crippen LogP contribution in [0.3, 0.4) is 0 Å². The summed E-state index contributed by atoms with van der Waals surface area (Å²) in [6.07, 6.45) is 8.23. The number of rotatable bonds is 6. The van der Waals surface area contributed by atoms with Crippen molar-refractivity contribution >= 4 is 10.9 Å². The summed E-state index contributed by atoms with van der Waals surface area (Å²) < 4.78 is 5.73. The number of ether oxygens (including phenoxy) is 1. The van der Waals surface area contributed by atoms with Crippen molar-refractivity contribution in [2.45, 2.75) is 44.2 Å². The van der Waals surface area contributed by atoms with E-state index in [1.807, 2.05) is 12.3 Å². The number of nitrogens with zero attached hydrogens (tertiary/aromatic N) is 1. The van der Waals surface area contributed by atoms with Crippen LogP contribution in [0.4, 0.5) is 0 Å². The van der Waals surface area contributed by atoms with E-state index >= 15 is 0 Å². The second-order valence-corrected chi connectivity index (χ2v) is 5.89. The van der Waals surface area contributed by atoms with E-state index < -0.39 is 0 Å². The smallest absolute Gasteiger partial charge is 0.0704 e. The summed E-state index contributed by atoms with van der Waals surface area (Å²) in [5.41, 5.74) is 2.47. The Labute approximate surface area is 126 Å². The molecule has 1 aliphatic rings. The molecule has 2 heterocycles. The van der Waals surface area contributed by atoms with E-state index in [4.69, 9.17) is 4.74 Å². The summed E-state index contributed by atoms with van der Waals surface area (Å²) in [4.78, 5) is 4.44. The van der Waals surface area contributed by atoms with E-state index in [2.05, 4.69) is 41.6 Å². The van der Waals surface area contributed by atoms with Gasteiger partial charge in [0.1, 0.15) is 0 Å². The SMILES string of the molecule is CNC(CCC1CCCO1)Cc1ccnc2ccccc12. The monoisotopic (exact) mass is 284 g/mol. The second kappa shape index (κ2) is 7.01. The van der Waals surface area contributed by atoms with Gasteiger partial charge in [0.05, 0.1) is 11.6 Å². The van der Waals surface area contributed by atoms with Crippen molar-refractivity contribution in [3.05, 3.63) is 42.1 Å². The summed E-state index contributed by atoms with van der Waals surface area (Å²) in [5.74, 6) is 0. The Bertz CT molecular complexity index is 573. The Balaban J connectivity index is 1.67. The molecule has 1 fully saturated rings. The van der Waals surface area contributed by atoms with Crippen molar-refractivity contribution < 1.29 is 4.74 Å². The van der Waals surface area contributed by atoms with Crippen LogP contribution in [-0.2, 0) is 11.2 Å². The Hall–Kier alpha value is -1.45. The minimum atomic E-state index is 0.482. The number of hydrogen-bond donors (Lipinski definition) is 1. The lowest BCUT2D eigenvalue weighted by Crippen LogP contribution is -2.29. The van der Waals surface area contributed by atoms with Gasteiger partial charge in [-0.25, -0.2) is 0 Å². The lowest BCUT2D eigenvalue weighted by molar-refractivity contribution is 0.0998. The molecule has 0 aliphatic carbocycles. The molecule has 21 heavy (non-hydrogen) atoms. The van der Waals surface area contributed by atoms with Crippen LogP contribution in [0.5, 0.6) is 0 Å². The molecular weight excluding hydrogens is 260 g/mol. The minimum absolute atomic E-state index is 0.482. The molecule has 2 unspecified atom stereocenters. The summed E-state index contributed by atoms with van der Waals surface area (Å²) >= 11 is 0. The molecule has 0 radical (unpaired) electrons. The van der Waals surface area contributed by atoms with Crippen molar-refractivity contribution in [2.24, 2.45) is 0 Å². The molecular formula is C18H24N2O. The number of fused-ring (bicyclic) bond motifs is 1. The van der Waals surface area contributed by atoms with Crippen molar-refractivity contribution in [3.8, 4) is 0 Å². The largest absolute Gasteiger partial charge is 0.378 e. The zero-order valence-electron chi connectivity index (χ0n) is 12.7. The Morgan fingerprint density at radius 2 is 2.24 bits per heavy atom. The van der Waals surface area contributed by atoms with Gasteiger partial charge in [-0.2, -0.15) is 0 Å². The van der Waals surface area contributed by atoms with Gasteiger partial charge in [0.2, 0.25) is 0 Å². The van der Waals surface area contributed by atoms with Crippen LogP contribution in [0.15, 0.2) is 36.5 Å². The molecule has 0 amide bonds. The average molecular weight is 284 g/mol. The maximum atomic E-state index is 5.73. The van der Waals surface area contributed by atoms with Crippen molar-refractivity contribution in [1.82, 2.24) is 10.3 Å². The molecule has 0 saturated carbocycles. The zero-order valence-corrected chi connectivity index (χ0v) is 12.7. The van der Waals surface area contributed by atoms with E-state index in [-0.39, 0.29) is 0 Å². The maximum Gasteiger partial charge on any atom is 0.0704 e. The van der Waals surface area contributed by atoms with E-state index in [1.54, 1.807) is 0 Å². The zero-order chi connectivity index (χ0) is 14.5. The maximum absolute atomic E-state index is 5.73. The van der Waals surface area contributed by atoms with Gasteiger partial charge in [0.15, 0.2) is 0 Å². The predicted molar refractivity (Wildman–Crippen MR) is 86.5 cm³/mol. The van der Waals surface area contributed by atoms with E-state index in [0.29, 0.717) is 12.1 Å². The molecule has 0 spiro atoms. The van der Waals surface area contributed by atoms with Crippen LogP contribution in [0.2, 0.25) is 0 Å². The fraction of sp³-hybridized carbons (Fsp3) is 0.500. The topological polar surface area (TPSA) is 34.1 Å². The Morgan fingerprint density at radius 1 is 1.33 bits per heavy atom. The van der Waals surface area contributed by atoms with Gasteiger partial charge >= 0.3 is 0 Å². The van der Waals surface area contributed by atoms with Crippen LogP contribution < -0.4 is 5.32 Å². The minimum Gasteiger partial charge on any atom is -0.378 e. The summed E-state index contributed by atoms with van der Waals surface area (Å²) in [6, 6.07) is 11.0. The van der Waals surface area contributed by atoms with E-state index in [1.165, 1.54) is 23.8 Å². The third-order valence-electron chi connectivity index (χ3n) is 4.47. The highest BCUT2D eigenvalue weighted by molar-refractivity contribution is 5.81. The van der Waals surface area contributed by atoms with Crippen LogP contribution in [0.1, 0.15) is 31.2 Å². The van der Waals surface area contributed by atoms with Crippen molar-refractivity contribution in [1.29, 1.82) is 0 Å². The van der Waals surface area contributed by atoms with Gasteiger partial charge in [-0.05, 0) is 56.8 Å². The van der Waals surface area contributed by atoms with Gasteiger partial charge in [-0.1, -0.05) is 18.2 Å². The first-order chi connectivity index (χ1) is 10.4.